The van der Waals surface area contributed by atoms with Gasteiger partial charge in [0.25, 0.3) is 0 Å². The molecule has 0 radical (unpaired) electrons. The molecule has 0 atom stereocenters. The van der Waals surface area contributed by atoms with Crippen molar-refractivity contribution in [3.8, 4) is 5.75 Å². The van der Waals surface area contributed by atoms with Crippen molar-refractivity contribution >= 4 is 17.5 Å². The molecule has 0 saturated heterocycles. The lowest BCUT2D eigenvalue weighted by molar-refractivity contribution is 0.415. The molecule has 112 valence electrons. The molecule has 1 aromatic heterocycles. The Morgan fingerprint density at radius 3 is 2.86 bits per heavy atom. The minimum Gasteiger partial charge on any atom is -0.497 e. The topological polar surface area (TPSA) is 62.3 Å². The van der Waals surface area contributed by atoms with Crippen molar-refractivity contribution in [2.45, 2.75) is 0 Å². The molecule has 2 N–H and O–H groups in total. The number of nitrogens with zero attached hydrogens (tertiary/aromatic N) is 3. The second-order valence-corrected chi connectivity index (χ2v) is 4.85. The van der Waals surface area contributed by atoms with Gasteiger partial charge in [0.1, 0.15) is 11.6 Å². The summed E-state index contributed by atoms with van der Waals surface area (Å²) in [6.45, 7) is 1.78. The van der Waals surface area contributed by atoms with E-state index in [4.69, 9.17) is 4.74 Å². The average Bonchev–Trinajstić information content (AvgIpc) is 2.47. The Kier molecular flexibility index (Phi) is 5.34. The van der Waals surface area contributed by atoms with E-state index in [9.17, 15) is 0 Å². The zero-order valence-corrected chi connectivity index (χ0v) is 12.6. The van der Waals surface area contributed by atoms with E-state index in [1.54, 1.807) is 13.3 Å². The van der Waals surface area contributed by atoms with Crippen molar-refractivity contribution in [1.29, 1.82) is 0 Å². The van der Waals surface area contributed by atoms with Gasteiger partial charge in [0.2, 0.25) is 5.95 Å². The van der Waals surface area contributed by atoms with Crippen LogP contribution in [-0.4, -0.2) is 49.2 Å². The molecule has 0 aliphatic heterocycles. The van der Waals surface area contributed by atoms with Gasteiger partial charge >= 0.3 is 0 Å². The molecule has 21 heavy (non-hydrogen) atoms. The molecular weight excluding hydrogens is 266 g/mol. The third kappa shape index (κ3) is 4.92. The largest absolute Gasteiger partial charge is 0.497 e. The molecular formula is C15H21N5O. The van der Waals surface area contributed by atoms with Crippen LogP contribution in [0.4, 0.5) is 17.5 Å². The van der Waals surface area contributed by atoms with Gasteiger partial charge in [-0.1, -0.05) is 6.07 Å². The van der Waals surface area contributed by atoms with E-state index in [-0.39, 0.29) is 0 Å². The summed E-state index contributed by atoms with van der Waals surface area (Å²) in [5.41, 5.74) is 0.889. The Morgan fingerprint density at radius 1 is 1.24 bits per heavy atom. The highest BCUT2D eigenvalue weighted by molar-refractivity contribution is 5.56. The summed E-state index contributed by atoms with van der Waals surface area (Å²) >= 11 is 0. The lowest BCUT2D eigenvalue weighted by Crippen LogP contribution is -2.21. The fourth-order valence-corrected chi connectivity index (χ4v) is 1.75. The minimum absolute atomic E-state index is 0.554. The number of rotatable bonds is 7. The van der Waals surface area contributed by atoms with Crippen molar-refractivity contribution in [3.63, 3.8) is 0 Å². The summed E-state index contributed by atoms with van der Waals surface area (Å²) in [6.07, 6.45) is 1.73. The van der Waals surface area contributed by atoms with Crippen LogP contribution >= 0.6 is 0 Å². The van der Waals surface area contributed by atoms with Gasteiger partial charge in [-0.3, -0.25) is 0 Å². The first-order chi connectivity index (χ1) is 10.2. The first kappa shape index (κ1) is 15.1. The number of aromatic nitrogens is 2. The van der Waals surface area contributed by atoms with Crippen LogP contribution < -0.4 is 15.4 Å². The number of ether oxygens (including phenoxy) is 1. The number of likely N-dealkylation sites (N-methyl/N-ethyl adjacent to an activating group) is 1. The smallest absolute Gasteiger partial charge is 0.229 e. The molecule has 0 spiro atoms. The standard InChI is InChI=1S/C15H21N5O/c1-20(2)10-9-16-14-7-8-17-15(19-14)18-12-5-4-6-13(11-12)21-3/h4-8,11H,9-10H2,1-3H3,(H2,16,17,18,19). The molecule has 0 unspecified atom stereocenters. The molecule has 1 aromatic carbocycles. The van der Waals surface area contributed by atoms with Crippen LogP contribution in [-0.2, 0) is 0 Å². The van der Waals surface area contributed by atoms with Crippen LogP contribution in [0.1, 0.15) is 0 Å². The Bertz CT molecular complexity index is 573. The first-order valence-corrected chi connectivity index (χ1v) is 6.80. The van der Waals surface area contributed by atoms with Crippen LogP contribution in [0.2, 0.25) is 0 Å². The van der Waals surface area contributed by atoms with Crippen LogP contribution in [0, 0.1) is 0 Å². The Morgan fingerprint density at radius 2 is 2.10 bits per heavy atom. The van der Waals surface area contributed by atoms with Crippen LogP contribution in [0.3, 0.4) is 0 Å². The summed E-state index contributed by atoms with van der Waals surface area (Å²) in [5.74, 6) is 2.15. The number of methoxy groups -OCH3 is 1. The van der Waals surface area contributed by atoms with E-state index in [0.717, 1.165) is 30.3 Å². The number of hydrogen-bond donors (Lipinski definition) is 2. The van der Waals surface area contributed by atoms with E-state index >= 15 is 0 Å². The zero-order valence-electron chi connectivity index (χ0n) is 12.6. The molecule has 0 fully saturated rings. The number of hydrogen-bond acceptors (Lipinski definition) is 6. The first-order valence-electron chi connectivity index (χ1n) is 6.80. The molecule has 6 nitrogen and oxygen atoms in total. The van der Waals surface area contributed by atoms with Crippen LogP contribution in [0.25, 0.3) is 0 Å². The van der Waals surface area contributed by atoms with Crippen molar-refractivity contribution in [2.24, 2.45) is 0 Å². The Labute approximate surface area is 125 Å². The quantitative estimate of drug-likeness (QED) is 0.814. The monoisotopic (exact) mass is 287 g/mol. The summed E-state index contributed by atoms with van der Waals surface area (Å²) < 4.78 is 5.19. The van der Waals surface area contributed by atoms with Crippen molar-refractivity contribution < 1.29 is 4.74 Å². The predicted octanol–water partition coefficient (Wildman–Crippen LogP) is 2.20. The van der Waals surface area contributed by atoms with Gasteiger partial charge in [-0.2, -0.15) is 4.98 Å². The van der Waals surface area contributed by atoms with Crippen LogP contribution in [0.15, 0.2) is 36.5 Å². The third-order valence-electron chi connectivity index (χ3n) is 2.85. The normalized spacial score (nSPS) is 10.5. The van der Waals surface area contributed by atoms with Crippen molar-refractivity contribution in [1.82, 2.24) is 14.9 Å². The fraction of sp³-hybridized carbons (Fsp3) is 0.333. The fourth-order valence-electron chi connectivity index (χ4n) is 1.75. The molecule has 0 bridgehead atoms. The van der Waals surface area contributed by atoms with Crippen molar-refractivity contribution in [3.05, 3.63) is 36.5 Å². The molecule has 1 heterocycles. The lowest BCUT2D eigenvalue weighted by atomic mass is 10.3. The summed E-state index contributed by atoms with van der Waals surface area (Å²) in [7, 11) is 5.72. The number of anilines is 3. The van der Waals surface area contributed by atoms with Crippen LogP contribution in [0.5, 0.6) is 5.75 Å². The summed E-state index contributed by atoms with van der Waals surface area (Å²) in [6, 6.07) is 9.51. The SMILES string of the molecule is COc1cccc(Nc2nccc(NCCN(C)C)n2)c1. The lowest BCUT2D eigenvalue weighted by Gasteiger charge is -2.11. The second-order valence-electron chi connectivity index (χ2n) is 4.85. The van der Waals surface area contributed by atoms with Gasteiger partial charge in [-0.15, -0.1) is 0 Å². The number of nitrogens with one attached hydrogen (secondary N) is 2. The summed E-state index contributed by atoms with van der Waals surface area (Å²) in [4.78, 5) is 10.8. The van der Waals surface area contributed by atoms with Gasteiger partial charge in [0.15, 0.2) is 0 Å². The van der Waals surface area contributed by atoms with E-state index in [1.165, 1.54) is 0 Å². The number of benzene rings is 1. The highest BCUT2D eigenvalue weighted by Crippen LogP contribution is 2.19. The Hall–Kier alpha value is -2.34. The van der Waals surface area contributed by atoms with Gasteiger partial charge in [0.05, 0.1) is 7.11 Å². The van der Waals surface area contributed by atoms with E-state index in [2.05, 4.69) is 25.5 Å². The predicted molar refractivity (Wildman–Crippen MR) is 85.4 cm³/mol. The van der Waals surface area contributed by atoms with E-state index in [0.29, 0.717) is 5.95 Å². The van der Waals surface area contributed by atoms with E-state index < -0.39 is 0 Å². The second kappa shape index (κ2) is 7.44. The summed E-state index contributed by atoms with van der Waals surface area (Å²) in [5, 5.41) is 6.43. The average molecular weight is 287 g/mol. The molecule has 0 aliphatic carbocycles. The molecule has 2 rings (SSSR count). The molecule has 0 amide bonds. The molecule has 6 heteroatoms. The minimum atomic E-state index is 0.554. The maximum absolute atomic E-state index is 5.19. The van der Waals surface area contributed by atoms with Gasteiger partial charge in [0, 0.05) is 31.0 Å². The van der Waals surface area contributed by atoms with Gasteiger partial charge < -0.3 is 20.3 Å². The van der Waals surface area contributed by atoms with E-state index in [1.807, 2.05) is 44.4 Å². The third-order valence-corrected chi connectivity index (χ3v) is 2.85. The zero-order chi connectivity index (χ0) is 15.1. The molecule has 0 saturated carbocycles. The van der Waals surface area contributed by atoms with Crippen molar-refractivity contribution in [2.75, 3.05) is 44.9 Å². The van der Waals surface area contributed by atoms with Gasteiger partial charge in [-0.05, 0) is 32.3 Å². The maximum atomic E-state index is 5.19. The maximum Gasteiger partial charge on any atom is 0.229 e. The highest BCUT2D eigenvalue weighted by atomic mass is 16.5. The Balaban J connectivity index is 1.99. The highest BCUT2D eigenvalue weighted by Gasteiger charge is 2.01. The molecule has 0 aliphatic rings. The van der Waals surface area contributed by atoms with Gasteiger partial charge in [-0.25, -0.2) is 4.98 Å². The molecule has 2 aromatic rings.